The van der Waals surface area contributed by atoms with Gasteiger partial charge < -0.3 is 14.8 Å². The third-order valence-corrected chi connectivity index (χ3v) is 3.15. The lowest BCUT2D eigenvalue weighted by Crippen LogP contribution is -2.22. The SMILES string of the molecule is Cc1ccc2ncc(CNCC(C)CCO)n2c1. The molecule has 0 aliphatic rings. The second-order valence-corrected chi connectivity index (χ2v) is 4.93. The standard InChI is InChI=1S/C14H21N3O/c1-11(5-6-18)7-15-8-13-9-16-14-4-3-12(2)10-17(13)14/h3-4,9-11,15,18H,5-8H2,1-2H3. The summed E-state index contributed by atoms with van der Waals surface area (Å²) >= 11 is 0. The zero-order chi connectivity index (χ0) is 13.0. The number of imidazole rings is 1. The second kappa shape index (κ2) is 5.98. The van der Waals surface area contributed by atoms with Gasteiger partial charge in [-0.15, -0.1) is 0 Å². The first kappa shape index (κ1) is 13.1. The van der Waals surface area contributed by atoms with E-state index in [1.807, 2.05) is 12.3 Å². The van der Waals surface area contributed by atoms with Crippen LogP contribution >= 0.6 is 0 Å². The van der Waals surface area contributed by atoms with E-state index >= 15 is 0 Å². The zero-order valence-electron chi connectivity index (χ0n) is 11.1. The number of nitrogens with one attached hydrogen (secondary N) is 1. The summed E-state index contributed by atoms with van der Waals surface area (Å²) in [5.74, 6) is 0.496. The van der Waals surface area contributed by atoms with Crippen LogP contribution in [0.15, 0.2) is 24.5 Å². The molecule has 18 heavy (non-hydrogen) atoms. The number of fused-ring (bicyclic) bond motifs is 1. The molecule has 2 heterocycles. The molecule has 0 fully saturated rings. The number of hydrogen-bond acceptors (Lipinski definition) is 3. The lowest BCUT2D eigenvalue weighted by molar-refractivity contribution is 0.260. The summed E-state index contributed by atoms with van der Waals surface area (Å²) in [6.07, 6.45) is 4.87. The summed E-state index contributed by atoms with van der Waals surface area (Å²) < 4.78 is 2.12. The summed E-state index contributed by atoms with van der Waals surface area (Å²) in [6.45, 7) is 6.21. The van der Waals surface area contributed by atoms with Crippen molar-refractivity contribution in [3.05, 3.63) is 35.8 Å². The molecule has 98 valence electrons. The number of aryl methyl sites for hydroxylation is 1. The highest BCUT2D eigenvalue weighted by atomic mass is 16.3. The number of aliphatic hydroxyl groups excluding tert-OH is 1. The minimum atomic E-state index is 0.262. The smallest absolute Gasteiger partial charge is 0.136 e. The van der Waals surface area contributed by atoms with Crippen molar-refractivity contribution < 1.29 is 5.11 Å². The highest BCUT2D eigenvalue weighted by molar-refractivity contribution is 5.41. The van der Waals surface area contributed by atoms with Crippen molar-refractivity contribution in [1.29, 1.82) is 0 Å². The maximum atomic E-state index is 8.85. The van der Waals surface area contributed by atoms with Crippen molar-refractivity contribution in [2.75, 3.05) is 13.2 Å². The Kier molecular flexibility index (Phi) is 4.33. The molecule has 0 aliphatic carbocycles. The third kappa shape index (κ3) is 3.09. The Morgan fingerprint density at radius 1 is 1.44 bits per heavy atom. The molecular formula is C14H21N3O. The predicted molar refractivity (Wildman–Crippen MR) is 72.5 cm³/mol. The Morgan fingerprint density at radius 2 is 2.28 bits per heavy atom. The number of aliphatic hydroxyl groups is 1. The van der Waals surface area contributed by atoms with Crippen LogP contribution in [0.5, 0.6) is 0 Å². The number of rotatable bonds is 6. The van der Waals surface area contributed by atoms with Gasteiger partial charge in [-0.1, -0.05) is 13.0 Å². The summed E-state index contributed by atoms with van der Waals surface area (Å²) in [6, 6.07) is 4.11. The van der Waals surface area contributed by atoms with Gasteiger partial charge in [0.05, 0.1) is 11.9 Å². The molecule has 0 aliphatic heterocycles. The van der Waals surface area contributed by atoms with Crippen molar-refractivity contribution in [2.45, 2.75) is 26.8 Å². The highest BCUT2D eigenvalue weighted by Crippen LogP contribution is 2.08. The van der Waals surface area contributed by atoms with Gasteiger partial charge in [-0.05, 0) is 37.4 Å². The highest BCUT2D eigenvalue weighted by Gasteiger charge is 2.04. The van der Waals surface area contributed by atoms with Crippen LogP contribution in [0.4, 0.5) is 0 Å². The Bertz CT molecular complexity index is 507. The van der Waals surface area contributed by atoms with Crippen LogP contribution in [0.1, 0.15) is 24.6 Å². The molecule has 2 aromatic rings. The van der Waals surface area contributed by atoms with E-state index in [2.05, 4.69) is 40.8 Å². The maximum absolute atomic E-state index is 8.85. The normalized spacial score (nSPS) is 13.1. The molecule has 0 bridgehead atoms. The second-order valence-electron chi connectivity index (χ2n) is 4.93. The van der Waals surface area contributed by atoms with Gasteiger partial charge in [0.25, 0.3) is 0 Å². The van der Waals surface area contributed by atoms with Gasteiger partial charge in [-0.3, -0.25) is 0 Å². The topological polar surface area (TPSA) is 49.6 Å². The number of hydrogen-bond donors (Lipinski definition) is 2. The van der Waals surface area contributed by atoms with E-state index in [1.54, 1.807) is 0 Å². The molecule has 0 saturated carbocycles. The molecule has 0 aromatic carbocycles. The zero-order valence-corrected chi connectivity index (χ0v) is 11.1. The Morgan fingerprint density at radius 3 is 3.06 bits per heavy atom. The van der Waals surface area contributed by atoms with E-state index in [0.717, 1.165) is 25.2 Å². The van der Waals surface area contributed by atoms with Crippen LogP contribution in [0.2, 0.25) is 0 Å². The van der Waals surface area contributed by atoms with Crippen LogP contribution in [-0.2, 0) is 6.54 Å². The van der Waals surface area contributed by atoms with Gasteiger partial charge in [-0.25, -0.2) is 4.98 Å². The van der Waals surface area contributed by atoms with Crippen molar-refractivity contribution >= 4 is 5.65 Å². The first-order valence-corrected chi connectivity index (χ1v) is 6.45. The van der Waals surface area contributed by atoms with E-state index in [1.165, 1.54) is 11.3 Å². The minimum absolute atomic E-state index is 0.262. The van der Waals surface area contributed by atoms with E-state index in [-0.39, 0.29) is 6.61 Å². The fourth-order valence-corrected chi connectivity index (χ4v) is 2.04. The summed E-state index contributed by atoms with van der Waals surface area (Å²) in [5.41, 5.74) is 3.39. The molecule has 1 atom stereocenters. The van der Waals surface area contributed by atoms with Crippen molar-refractivity contribution in [3.63, 3.8) is 0 Å². The van der Waals surface area contributed by atoms with E-state index in [9.17, 15) is 0 Å². The van der Waals surface area contributed by atoms with E-state index in [0.29, 0.717) is 5.92 Å². The van der Waals surface area contributed by atoms with Gasteiger partial charge in [0.1, 0.15) is 5.65 Å². The third-order valence-electron chi connectivity index (χ3n) is 3.15. The molecule has 0 saturated heterocycles. The van der Waals surface area contributed by atoms with Gasteiger partial charge in [0, 0.05) is 19.3 Å². The van der Waals surface area contributed by atoms with Crippen molar-refractivity contribution in [3.8, 4) is 0 Å². The molecule has 0 radical (unpaired) electrons. The number of aromatic nitrogens is 2. The van der Waals surface area contributed by atoms with Crippen molar-refractivity contribution in [1.82, 2.24) is 14.7 Å². The molecular weight excluding hydrogens is 226 g/mol. The number of pyridine rings is 1. The van der Waals surface area contributed by atoms with Crippen LogP contribution < -0.4 is 5.32 Å². The predicted octanol–water partition coefficient (Wildman–Crippen LogP) is 1.75. The molecule has 2 aromatic heterocycles. The molecule has 2 rings (SSSR count). The minimum Gasteiger partial charge on any atom is -0.396 e. The Balaban J connectivity index is 1.97. The monoisotopic (exact) mass is 247 g/mol. The number of nitrogens with zero attached hydrogens (tertiary/aromatic N) is 2. The first-order chi connectivity index (χ1) is 8.70. The van der Waals surface area contributed by atoms with Gasteiger partial charge in [0.15, 0.2) is 0 Å². The lowest BCUT2D eigenvalue weighted by Gasteiger charge is -2.10. The van der Waals surface area contributed by atoms with Gasteiger partial charge >= 0.3 is 0 Å². The molecule has 4 nitrogen and oxygen atoms in total. The van der Waals surface area contributed by atoms with Crippen LogP contribution in [0, 0.1) is 12.8 Å². The van der Waals surface area contributed by atoms with Crippen LogP contribution in [-0.4, -0.2) is 27.6 Å². The lowest BCUT2D eigenvalue weighted by atomic mass is 10.1. The summed E-state index contributed by atoms with van der Waals surface area (Å²) in [7, 11) is 0. The Hall–Kier alpha value is -1.39. The molecule has 4 heteroatoms. The van der Waals surface area contributed by atoms with Gasteiger partial charge in [0.2, 0.25) is 0 Å². The summed E-state index contributed by atoms with van der Waals surface area (Å²) in [4.78, 5) is 4.38. The molecule has 1 unspecified atom stereocenters. The summed E-state index contributed by atoms with van der Waals surface area (Å²) in [5, 5.41) is 12.3. The van der Waals surface area contributed by atoms with Crippen LogP contribution in [0.25, 0.3) is 5.65 Å². The average molecular weight is 247 g/mol. The average Bonchev–Trinajstić information content (AvgIpc) is 2.72. The van der Waals surface area contributed by atoms with Gasteiger partial charge in [-0.2, -0.15) is 0 Å². The first-order valence-electron chi connectivity index (χ1n) is 6.45. The molecule has 2 N–H and O–H groups in total. The Labute approximate surface area is 108 Å². The van der Waals surface area contributed by atoms with Crippen molar-refractivity contribution in [2.24, 2.45) is 5.92 Å². The van der Waals surface area contributed by atoms with E-state index in [4.69, 9.17) is 5.11 Å². The fraction of sp³-hybridized carbons (Fsp3) is 0.500. The largest absolute Gasteiger partial charge is 0.396 e. The maximum Gasteiger partial charge on any atom is 0.136 e. The van der Waals surface area contributed by atoms with Crippen LogP contribution in [0.3, 0.4) is 0 Å². The quantitative estimate of drug-likeness (QED) is 0.817. The fourth-order valence-electron chi connectivity index (χ4n) is 2.04. The van der Waals surface area contributed by atoms with E-state index < -0.39 is 0 Å². The molecule has 0 spiro atoms. The molecule has 0 amide bonds.